The van der Waals surface area contributed by atoms with Crippen molar-refractivity contribution in [1.29, 1.82) is 0 Å². The molecular formula is C14H14N2. The predicted molar refractivity (Wildman–Crippen MR) is 66.2 cm³/mol. The summed E-state index contributed by atoms with van der Waals surface area (Å²) in [4.78, 5) is 0. The molecule has 2 heteroatoms. The highest BCUT2D eigenvalue weighted by atomic mass is 15.3. The number of allylic oxidation sites excluding steroid dienone is 4. The second-order valence-electron chi connectivity index (χ2n) is 4.24. The summed E-state index contributed by atoms with van der Waals surface area (Å²) < 4.78 is 2.11. The minimum absolute atomic E-state index is 0.370. The summed E-state index contributed by atoms with van der Waals surface area (Å²) in [5.41, 5.74) is 1.21. The molecule has 3 rings (SSSR count). The van der Waals surface area contributed by atoms with E-state index in [0.29, 0.717) is 12.0 Å². The molecule has 0 fully saturated rings. The van der Waals surface area contributed by atoms with E-state index in [1.165, 1.54) is 10.9 Å². The maximum absolute atomic E-state index is 4.49. The van der Waals surface area contributed by atoms with Crippen LogP contribution in [0.5, 0.6) is 0 Å². The van der Waals surface area contributed by atoms with Crippen LogP contribution in [0.4, 0.5) is 0 Å². The Kier molecular flexibility index (Phi) is 2.13. The zero-order valence-electron chi connectivity index (χ0n) is 9.25. The highest BCUT2D eigenvalue weighted by Crippen LogP contribution is 2.26. The molecule has 1 heterocycles. The van der Waals surface area contributed by atoms with Gasteiger partial charge in [0.1, 0.15) is 0 Å². The molecular weight excluding hydrogens is 196 g/mol. The Morgan fingerprint density at radius 2 is 1.94 bits per heavy atom. The Morgan fingerprint density at radius 3 is 2.75 bits per heavy atom. The van der Waals surface area contributed by atoms with Crippen molar-refractivity contribution in [3.05, 3.63) is 54.8 Å². The van der Waals surface area contributed by atoms with Gasteiger partial charge in [-0.1, -0.05) is 42.5 Å². The van der Waals surface area contributed by atoms with E-state index in [1.807, 2.05) is 12.3 Å². The maximum atomic E-state index is 4.49. The Balaban J connectivity index is 2.05. The molecule has 2 aromatic rings. The highest BCUT2D eigenvalue weighted by Gasteiger charge is 2.17. The molecule has 2 nitrogen and oxygen atoms in total. The van der Waals surface area contributed by atoms with Gasteiger partial charge in [-0.15, -0.1) is 0 Å². The van der Waals surface area contributed by atoms with E-state index in [2.05, 4.69) is 59.2 Å². The van der Waals surface area contributed by atoms with Gasteiger partial charge in [-0.2, -0.15) is 5.10 Å². The van der Waals surface area contributed by atoms with Crippen molar-refractivity contribution < 1.29 is 0 Å². The maximum Gasteiger partial charge on any atom is 0.0685 e. The van der Waals surface area contributed by atoms with Crippen molar-refractivity contribution in [3.8, 4) is 0 Å². The number of hydrogen-bond acceptors (Lipinski definition) is 1. The third-order valence-corrected chi connectivity index (χ3v) is 3.23. The van der Waals surface area contributed by atoms with Gasteiger partial charge in [0.15, 0.2) is 0 Å². The average Bonchev–Trinajstić information content (AvgIpc) is 2.98. The molecule has 0 saturated heterocycles. The topological polar surface area (TPSA) is 17.8 Å². The minimum atomic E-state index is 0.370. The van der Waals surface area contributed by atoms with Gasteiger partial charge in [-0.3, -0.25) is 4.68 Å². The second-order valence-corrected chi connectivity index (χ2v) is 4.24. The van der Waals surface area contributed by atoms with Gasteiger partial charge in [0.05, 0.1) is 17.8 Å². The monoisotopic (exact) mass is 210 g/mol. The van der Waals surface area contributed by atoms with Gasteiger partial charge in [0, 0.05) is 11.3 Å². The van der Waals surface area contributed by atoms with Crippen LogP contribution in [-0.2, 0) is 0 Å². The van der Waals surface area contributed by atoms with Crippen LogP contribution in [0.25, 0.3) is 10.9 Å². The van der Waals surface area contributed by atoms with Crippen LogP contribution in [0.3, 0.4) is 0 Å². The number of benzene rings is 1. The van der Waals surface area contributed by atoms with Crippen LogP contribution in [0.1, 0.15) is 13.0 Å². The number of hydrogen-bond donors (Lipinski definition) is 0. The van der Waals surface area contributed by atoms with Gasteiger partial charge in [-0.05, 0) is 13.0 Å². The van der Waals surface area contributed by atoms with E-state index >= 15 is 0 Å². The largest absolute Gasteiger partial charge is 0.261 e. The summed E-state index contributed by atoms with van der Waals surface area (Å²) in [5, 5.41) is 5.70. The van der Waals surface area contributed by atoms with E-state index in [1.54, 1.807) is 0 Å². The number of para-hydroxylation sites is 1. The Bertz CT molecular complexity index is 551. The lowest BCUT2D eigenvalue weighted by molar-refractivity contribution is 0.449. The highest BCUT2D eigenvalue weighted by molar-refractivity contribution is 5.78. The Hall–Kier alpha value is -1.83. The second kappa shape index (κ2) is 3.63. The fourth-order valence-corrected chi connectivity index (χ4v) is 2.25. The number of aromatic nitrogens is 2. The predicted octanol–water partition coefficient (Wildman–Crippen LogP) is 3.34. The molecule has 1 atom stereocenters. The molecule has 0 spiro atoms. The minimum Gasteiger partial charge on any atom is -0.261 e. The molecule has 80 valence electrons. The fraction of sp³-hybridized carbons (Fsp3) is 0.214. The summed E-state index contributed by atoms with van der Waals surface area (Å²) in [7, 11) is 0. The molecule has 1 aromatic carbocycles. The van der Waals surface area contributed by atoms with E-state index in [9.17, 15) is 0 Å². The number of nitrogens with zero attached hydrogens (tertiary/aromatic N) is 2. The summed E-state index contributed by atoms with van der Waals surface area (Å²) in [6.45, 7) is 2.21. The molecule has 0 bridgehead atoms. The molecule has 1 aromatic heterocycles. The third-order valence-electron chi connectivity index (χ3n) is 3.23. The molecule has 0 N–H and O–H groups in total. The first-order valence-corrected chi connectivity index (χ1v) is 5.63. The third kappa shape index (κ3) is 1.38. The van der Waals surface area contributed by atoms with Crippen LogP contribution >= 0.6 is 0 Å². The van der Waals surface area contributed by atoms with Crippen molar-refractivity contribution in [2.24, 2.45) is 5.92 Å². The zero-order chi connectivity index (χ0) is 11.0. The Morgan fingerprint density at radius 1 is 1.19 bits per heavy atom. The lowest BCUT2D eigenvalue weighted by Crippen LogP contribution is -2.13. The molecule has 0 saturated carbocycles. The number of fused-ring (bicyclic) bond motifs is 1. The molecule has 1 unspecified atom stereocenters. The lowest BCUT2D eigenvalue weighted by Gasteiger charge is -2.17. The van der Waals surface area contributed by atoms with Crippen LogP contribution in [-0.4, -0.2) is 9.78 Å². The van der Waals surface area contributed by atoms with Crippen LogP contribution < -0.4 is 0 Å². The SMILES string of the molecule is CC(C1C=CC=C1)n1ncc2ccccc21. The van der Waals surface area contributed by atoms with E-state index < -0.39 is 0 Å². The standard InChI is InChI=1S/C14H14N2/c1-11(12-6-2-3-7-12)16-14-9-5-4-8-13(14)10-15-16/h2-12H,1H3. The zero-order valence-corrected chi connectivity index (χ0v) is 9.25. The van der Waals surface area contributed by atoms with Gasteiger partial charge in [0.25, 0.3) is 0 Å². The van der Waals surface area contributed by atoms with Crippen molar-refractivity contribution in [2.45, 2.75) is 13.0 Å². The van der Waals surface area contributed by atoms with E-state index in [-0.39, 0.29) is 0 Å². The fourth-order valence-electron chi connectivity index (χ4n) is 2.25. The average molecular weight is 210 g/mol. The Labute approximate surface area is 94.9 Å². The normalized spacial score (nSPS) is 17.3. The lowest BCUT2D eigenvalue weighted by atomic mass is 10.0. The van der Waals surface area contributed by atoms with Crippen molar-refractivity contribution in [2.75, 3.05) is 0 Å². The van der Waals surface area contributed by atoms with Gasteiger partial charge < -0.3 is 0 Å². The van der Waals surface area contributed by atoms with Gasteiger partial charge in [0.2, 0.25) is 0 Å². The van der Waals surface area contributed by atoms with Gasteiger partial charge >= 0.3 is 0 Å². The van der Waals surface area contributed by atoms with Crippen LogP contribution in [0, 0.1) is 5.92 Å². The summed E-state index contributed by atoms with van der Waals surface area (Å²) in [6.07, 6.45) is 10.6. The molecule has 0 amide bonds. The van der Waals surface area contributed by atoms with Crippen LogP contribution in [0.2, 0.25) is 0 Å². The quantitative estimate of drug-likeness (QED) is 0.743. The molecule has 1 aliphatic carbocycles. The van der Waals surface area contributed by atoms with Crippen molar-refractivity contribution in [3.63, 3.8) is 0 Å². The van der Waals surface area contributed by atoms with Crippen molar-refractivity contribution >= 4 is 10.9 Å². The molecule has 16 heavy (non-hydrogen) atoms. The number of rotatable bonds is 2. The first kappa shape index (κ1) is 9.40. The molecule has 0 radical (unpaired) electrons. The first-order valence-electron chi connectivity index (χ1n) is 5.63. The summed E-state index contributed by atoms with van der Waals surface area (Å²) in [6, 6.07) is 8.71. The smallest absolute Gasteiger partial charge is 0.0685 e. The molecule has 1 aliphatic rings. The van der Waals surface area contributed by atoms with Gasteiger partial charge in [-0.25, -0.2) is 0 Å². The molecule has 0 aliphatic heterocycles. The van der Waals surface area contributed by atoms with Crippen LogP contribution in [0.15, 0.2) is 54.8 Å². The van der Waals surface area contributed by atoms with E-state index in [0.717, 1.165) is 0 Å². The van der Waals surface area contributed by atoms with Crippen molar-refractivity contribution in [1.82, 2.24) is 9.78 Å². The summed E-state index contributed by atoms with van der Waals surface area (Å²) in [5.74, 6) is 0.461. The van der Waals surface area contributed by atoms with E-state index in [4.69, 9.17) is 0 Å². The summed E-state index contributed by atoms with van der Waals surface area (Å²) >= 11 is 0. The first-order chi connectivity index (χ1) is 7.86.